The Morgan fingerprint density at radius 2 is 2.38 bits per heavy atom. The summed E-state index contributed by atoms with van der Waals surface area (Å²) in [7, 11) is 0. The minimum absolute atomic E-state index is 0.0345. The summed E-state index contributed by atoms with van der Waals surface area (Å²) in [4.78, 5) is 11.1. The van der Waals surface area contributed by atoms with Crippen molar-refractivity contribution in [3.05, 3.63) is 0 Å². The summed E-state index contributed by atoms with van der Waals surface area (Å²) < 4.78 is 0. The predicted molar refractivity (Wildman–Crippen MR) is 48.9 cm³/mol. The number of hydrogen-bond donors (Lipinski definition) is 2. The van der Waals surface area contributed by atoms with Crippen LogP contribution < -0.4 is 10.6 Å². The summed E-state index contributed by atoms with van der Waals surface area (Å²) in [5, 5.41) is 14.2. The zero-order valence-electron chi connectivity index (χ0n) is 7.84. The van der Waals surface area contributed by atoms with E-state index in [0.29, 0.717) is 19.0 Å². The van der Waals surface area contributed by atoms with Gasteiger partial charge in [0.25, 0.3) is 0 Å². The van der Waals surface area contributed by atoms with Crippen molar-refractivity contribution in [3.8, 4) is 6.07 Å². The topological polar surface area (TPSA) is 64.9 Å². The number of rotatable bonds is 5. The van der Waals surface area contributed by atoms with E-state index in [9.17, 15) is 4.79 Å². The number of nitriles is 1. The summed E-state index contributed by atoms with van der Waals surface area (Å²) >= 11 is 0. The molecule has 0 radical (unpaired) electrons. The van der Waals surface area contributed by atoms with Gasteiger partial charge in [0.2, 0.25) is 5.91 Å². The molecule has 0 heterocycles. The lowest BCUT2D eigenvalue weighted by atomic mass is 10.2. The van der Waals surface area contributed by atoms with E-state index in [4.69, 9.17) is 5.26 Å². The van der Waals surface area contributed by atoms with Crippen molar-refractivity contribution in [3.63, 3.8) is 0 Å². The fourth-order valence-electron chi connectivity index (χ4n) is 0.982. The van der Waals surface area contributed by atoms with Gasteiger partial charge >= 0.3 is 0 Å². The average Bonchev–Trinajstić information content (AvgIpc) is 2.85. The SMILES string of the molecule is CC(CC#N)NCC(=O)NC1CC1. The molecule has 4 nitrogen and oxygen atoms in total. The lowest BCUT2D eigenvalue weighted by Crippen LogP contribution is -2.38. The Morgan fingerprint density at radius 1 is 1.69 bits per heavy atom. The van der Waals surface area contributed by atoms with E-state index in [-0.39, 0.29) is 11.9 Å². The number of carbonyl (C=O) groups is 1. The van der Waals surface area contributed by atoms with Gasteiger partial charge in [-0.25, -0.2) is 0 Å². The maximum Gasteiger partial charge on any atom is 0.234 e. The quantitative estimate of drug-likeness (QED) is 0.635. The summed E-state index contributed by atoms with van der Waals surface area (Å²) in [5.74, 6) is 0.0345. The highest BCUT2D eigenvalue weighted by atomic mass is 16.2. The molecule has 0 aromatic rings. The van der Waals surface area contributed by atoms with Crippen LogP contribution in [0.5, 0.6) is 0 Å². The molecule has 72 valence electrons. The molecule has 0 aromatic heterocycles. The number of carbonyl (C=O) groups excluding carboxylic acids is 1. The third-order valence-corrected chi connectivity index (χ3v) is 1.95. The van der Waals surface area contributed by atoms with Crippen LogP contribution in [0.4, 0.5) is 0 Å². The summed E-state index contributed by atoms with van der Waals surface area (Å²) in [5.41, 5.74) is 0. The van der Waals surface area contributed by atoms with Gasteiger partial charge in [-0.05, 0) is 19.8 Å². The molecule has 1 aliphatic carbocycles. The Kier molecular flexibility index (Phi) is 3.71. The van der Waals surface area contributed by atoms with Gasteiger partial charge in [-0.15, -0.1) is 0 Å². The smallest absolute Gasteiger partial charge is 0.234 e. The molecule has 1 fully saturated rings. The van der Waals surface area contributed by atoms with Gasteiger partial charge in [0.1, 0.15) is 0 Å². The molecule has 1 aliphatic rings. The highest BCUT2D eigenvalue weighted by molar-refractivity contribution is 5.78. The average molecular weight is 181 g/mol. The van der Waals surface area contributed by atoms with Crippen LogP contribution in [0.3, 0.4) is 0 Å². The monoisotopic (exact) mass is 181 g/mol. The number of hydrogen-bond acceptors (Lipinski definition) is 3. The molecule has 13 heavy (non-hydrogen) atoms. The second kappa shape index (κ2) is 4.83. The first-order chi connectivity index (χ1) is 6.22. The molecule has 0 spiro atoms. The molecule has 1 saturated carbocycles. The molecule has 0 aliphatic heterocycles. The second-order valence-electron chi connectivity index (χ2n) is 3.49. The number of nitrogens with one attached hydrogen (secondary N) is 2. The lowest BCUT2D eigenvalue weighted by molar-refractivity contribution is -0.120. The Bertz CT molecular complexity index is 217. The van der Waals surface area contributed by atoms with Crippen LogP contribution in [-0.4, -0.2) is 24.5 Å². The Balaban J connectivity index is 2.03. The summed E-state index contributed by atoms with van der Waals surface area (Å²) in [6.45, 7) is 2.22. The zero-order valence-corrected chi connectivity index (χ0v) is 7.84. The van der Waals surface area contributed by atoms with Crippen LogP contribution in [0.25, 0.3) is 0 Å². The minimum Gasteiger partial charge on any atom is -0.352 e. The molecule has 0 bridgehead atoms. The molecular weight excluding hydrogens is 166 g/mol. The van der Waals surface area contributed by atoms with E-state index in [1.54, 1.807) is 0 Å². The molecule has 2 N–H and O–H groups in total. The Labute approximate surface area is 78.3 Å². The van der Waals surface area contributed by atoms with Gasteiger partial charge in [0.15, 0.2) is 0 Å². The molecule has 1 rings (SSSR count). The van der Waals surface area contributed by atoms with Gasteiger partial charge in [0.05, 0.1) is 19.0 Å². The van der Waals surface area contributed by atoms with Gasteiger partial charge in [-0.3, -0.25) is 4.79 Å². The van der Waals surface area contributed by atoms with Crippen molar-refractivity contribution in [2.75, 3.05) is 6.54 Å². The van der Waals surface area contributed by atoms with E-state index in [1.807, 2.05) is 6.92 Å². The predicted octanol–water partition coefficient (Wildman–Crippen LogP) is 0.157. The number of nitrogens with zero attached hydrogens (tertiary/aromatic N) is 1. The normalized spacial score (nSPS) is 17.5. The maximum absolute atomic E-state index is 11.1. The lowest BCUT2D eigenvalue weighted by Gasteiger charge is -2.09. The van der Waals surface area contributed by atoms with E-state index < -0.39 is 0 Å². The summed E-state index contributed by atoms with van der Waals surface area (Å²) in [6.07, 6.45) is 2.66. The van der Waals surface area contributed by atoms with Crippen LogP contribution in [0.1, 0.15) is 26.2 Å². The fourth-order valence-corrected chi connectivity index (χ4v) is 0.982. The van der Waals surface area contributed by atoms with Crippen LogP contribution >= 0.6 is 0 Å². The van der Waals surface area contributed by atoms with Crippen LogP contribution in [-0.2, 0) is 4.79 Å². The van der Waals surface area contributed by atoms with Crippen molar-refractivity contribution in [2.24, 2.45) is 0 Å². The highest BCUT2D eigenvalue weighted by Crippen LogP contribution is 2.18. The maximum atomic E-state index is 11.1. The molecule has 1 atom stereocenters. The van der Waals surface area contributed by atoms with E-state index in [2.05, 4.69) is 16.7 Å². The van der Waals surface area contributed by atoms with E-state index in [1.165, 1.54) is 0 Å². The molecule has 1 amide bonds. The molecule has 0 aromatic carbocycles. The minimum atomic E-state index is 0.0345. The van der Waals surface area contributed by atoms with Crippen LogP contribution in [0, 0.1) is 11.3 Å². The molecule has 0 saturated heterocycles. The van der Waals surface area contributed by atoms with Crippen molar-refractivity contribution in [1.29, 1.82) is 5.26 Å². The van der Waals surface area contributed by atoms with Gasteiger partial charge in [-0.2, -0.15) is 5.26 Å². The fraction of sp³-hybridized carbons (Fsp3) is 0.778. The first-order valence-electron chi connectivity index (χ1n) is 4.62. The van der Waals surface area contributed by atoms with Gasteiger partial charge in [0, 0.05) is 12.1 Å². The molecule has 1 unspecified atom stereocenters. The highest BCUT2D eigenvalue weighted by Gasteiger charge is 2.22. The van der Waals surface area contributed by atoms with Gasteiger partial charge < -0.3 is 10.6 Å². The van der Waals surface area contributed by atoms with E-state index in [0.717, 1.165) is 12.8 Å². The third kappa shape index (κ3) is 4.48. The largest absolute Gasteiger partial charge is 0.352 e. The first-order valence-corrected chi connectivity index (χ1v) is 4.62. The van der Waals surface area contributed by atoms with Crippen LogP contribution in [0.15, 0.2) is 0 Å². The summed E-state index contributed by atoms with van der Waals surface area (Å²) in [6, 6.07) is 2.56. The number of amides is 1. The first kappa shape index (κ1) is 10.0. The Hall–Kier alpha value is -1.08. The molecule has 4 heteroatoms. The van der Waals surface area contributed by atoms with Crippen molar-refractivity contribution in [2.45, 2.75) is 38.3 Å². The third-order valence-electron chi connectivity index (χ3n) is 1.95. The van der Waals surface area contributed by atoms with Gasteiger partial charge in [-0.1, -0.05) is 0 Å². The zero-order chi connectivity index (χ0) is 9.68. The standard InChI is InChI=1S/C9H15N3O/c1-7(4-5-10)11-6-9(13)12-8-2-3-8/h7-8,11H,2-4,6H2,1H3,(H,12,13). The van der Waals surface area contributed by atoms with Crippen molar-refractivity contribution in [1.82, 2.24) is 10.6 Å². The molecular formula is C9H15N3O. The van der Waals surface area contributed by atoms with E-state index >= 15 is 0 Å². The Morgan fingerprint density at radius 3 is 2.92 bits per heavy atom. The van der Waals surface area contributed by atoms with Crippen LogP contribution in [0.2, 0.25) is 0 Å². The van der Waals surface area contributed by atoms with Crippen molar-refractivity contribution >= 4 is 5.91 Å². The van der Waals surface area contributed by atoms with Crippen molar-refractivity contribution < 1.29 is 4.79 Å². The second-order valence-corrected chi connectivity index (χ2v) is 3.49.